The molecule has 126 valence electrons. The highest BCUT2D eigenvalue weighted by Crippen LogP contribution is 2.25. The molecular formula is C16H23N3O4. The monoisotopic (exact) mass is 321 g/mol. The van der Waals surface area contributed by atoms with Crippen LogP contribution < -0.4 is 25.6 Å². The molecule has 0 radical (unpaired) electrons. The summed E-state index contributed by atoms with van der Waals surface area (Å²) in [5.41, 5.74) is 4.65. The van der Waals surface area contributed by atoms with Gasteiger partial charge in [0.2, 0.25) is 0 Å². The highest BCUT2D eigenvalue weighted by Gasteiger charge is 2.15. The standard InChI is InChI=1S/C16H23N3O4/c1-22-13-9-5-6-10-14(13)23-11-15(20)18-19-16(21)17-12-7-3-2-4-8-12/h5-6,9-10,12H,2-4,7-8,11H2,1H3,(H,18,20)(H2,17,19,21). The average Bonchev–Trinajstić information content (AvgIpc) is 2.59. The third-order valence-corrected chi connectivity index (χ3v) is 3.68. The Morgan fingerprint density at radius 1 is 1.09 bits per heavy atom. The number of para-hydroxylation sites is 2. The van der Waals surface area contributed by atoms with Gasteiger partial charge in [0.1, 0.15) is 0 Å². The van der Waals surface area contributed by atoms with E-state index in [1.54, 1.807) is 18.2 Å². The molecule has 0 heterocycles. The molecule has 23 heavy (non-hydrogen) atoms. The van der Waals surface area contributed by atoms with Crippen LogP contribution in [0.4, 0.5) is 4.79 Å². The van der Waals surface area contributed by atoms with Gasteiger partial charge in [-0.2, -0.15) is 0 Å². The first-order valence-corrected chi connectivity index (χ1v) is 7.80. The SMILES string of the molecule is COc1ccccc1OCC(=O)NNC(=O)NC1CCCCC1. The zero-order valence-corrected chi connectivity index (χ0v) is 13.3. The number of nitrogens with one attached hydrogen (secondary N) is 3. The van der Waals surface area contributed by atoms with E-state index in [0.29, 0.717) is 11.5 Å². The van der Waals surface area contributed by atoms with Crippen molar-refractivity contribution in [3.05, 3.63) is 24.3 Å². The second-order valence-corrected chi connectivity index (χ2v) is 5.42. The minimum Gasteiger partial charge on any atom is -0.493 e. The van der Waals surface area contributed by atoms with Crippen LogP contribution in [0.2, 0.25) is 0 Å². The lowest BCUT2D eigenvalue weighted by Gasteiger charge is -2.22. The van der Waals surface area contributed by atoms with Crippen molar-refractivity contribution < 1.29 is 19.1 Å². The predicted octanol–water partition coefficient (Wildman–Crippen LogP) is 1.74. The van der Waals surface area contributed by atoms with Crippen LogP contribution in [0.1, 0.15) is 32.1 Å². The molecule has 0 bridgehead atoms. The summed E-state index contributed by atoms with van der Waals surface area (Å²) in [6.07, 6.45) is 5.45. The Morgan fingerprint density at radius 3 is 2.48 bits per heavy atom. The van der Waals surface area contributed by atoms with Gasteiger partial charge in [-0.1, -0.05) is 31.4 Å². The van der Waals surface area contributed by atoms with Crippen LogP contribution in [0.15, 0.2) is 24.3 Å². The number of benzene rings is 1. The van der Waals surface area contributed by atoms with Crippen LogP contribution >= 0.6 is 0 Å². The van der Waals surface area contributed by atoms with Crippen molar-refractivity contribution in [1.82, 2.24) is 16.2 Å². The molecule has 1 aromatic carbocycles. The van der Waals surface area contributed by atoms with Gasteiger partial charge in [-0.3, -0.25) is 10.2 Å². The molecule has 3 amide bonds. The zero-order chi connectivity index (χ0) is 16.5. The summed E-state index contributed by atoms with van der Waals surface area (Å²) in [5, 5.41) is 2.84. The number of carbonyl (C=O) groups is 2. The molecule has 0 aliphatic heterocycles. The molecule has 0 aromatic heterocycles. The average molecular weight is 321 g/mol. The molecule has 1 aliphatic carbocycles. The zero-order valence-electron chi connectivity index (χ0n) is 13.3. The Balaban J connectivity index is 1.67. The third kappa shape index (κ3) is 5.69. The van der Waals surface area contributed by atoms with Crippen LogP contribution in [0, 0.1) is 0 Å². The van der Waals surface area contributed by atoms with Gasteiger partial charge in [-0.15, -0.1) is 0 Å². The fourth-order valence-electron chi connectivity index (χ4n) is 2.51. The van der Waals surface area contributed by atoms with E-state index in [4.69, 9.17) is 9.47 Å². The molecule has 2 rings (SSSR count). The number of ether oxygens (including phenoxy) is 2. The summed E-state index contributed by atoms with van der Waals surface area (Å²) >= 11 is 0. The molecule has 1 saturated carbocycles. The molecule has 3 N–H and O–H groups in total. The van der Waals surface area contributed by atoms with Crippen molar-refractivity contribution in [2.75, 3.05) is 13.7 Å². The number of rotatable bonds is 5. The lowest BCUT2D eigenvalue weighted by Crippen LogP contribution is -2.51. The first-order chi connectivity index (χ1) is 11.2. The molecule has 0 spiro atoms. The van der Waals surface area contributed by atoms with Crippen molar-refractivity contribution in [3.63, 3.8) is 0 Å². The quantitative estimate of drug-likeness (QED) is 0.721. The molecule has 7 nitrogen and oxygen atoms in total. The summed E-state index contributed by atoms with van der Waals surface area (Å²) in [4.78, 5) is 23.4. The van der Waals surface area contributed by atoms with E-state index in [-0.39, 0.29) is 12.6 Å². The highest BCUT2D eigenvalue weighted by molar-refractivity contribution is 5.82. The second kappa shape index (κ2) is 8.87. The van der Waals surface area contributed by atoms with E-state index in [2.05, 4.69) is 16.2 Å². The largest absolute Gasteiger partial charge is 0.493 e. The van der Waals surface area contributed by atoms with Gasteiger partial charge in [-0.25, -0.2) is 10.2 Å². The van der Waals surface area contributed by atoms with E-state index < -0.39 is 11.9 Å². The summed E-state index contributed by atoms with van der Waals surface area (Å²) < 4.78 is 10.5. The normalized spacial score (nSPS) is 14.7. The van der Waals surface area contributed by atoms with Crippen molar-refractivity contribution in [3.8, 4) is 11.5 Å². The number of amides is 3. The summed E-state index contributed by atoms with van der Waals surface area (Å²) in [5.74, 6) is 0.565. The Bertz CT molecular complexity index is 530. The van der Waals surface area contributed by atoms with Crippen molar-refractivity contribution in [2.45, 2.75) is 38.1 Å². The lowest BCUT2D eigenvalue weighted by atomic mass is 9.96. The molecule has 1 fully saturated rings. The van der Waals surface area contributed by atoms with Gasteiger partial charge in [0, 0.05) is 6.04 Å². The first kappa shape index (κ1) is 16.9. The van der Waals surface area contributed by atoms with Crippen LogP contribution in [0.5, 0.6) is 11.5 Å². The summed E-state index contributed by atoms with van der Waals surface area (Å²) in [6.45, 7) is -0.218. The van der Waals surface area contributed by atoms with E-state index in [1.165, 1.54) is 13.5 Å². The number of hydrazine groups is 1. The molecule has 0 saturated heterocycles. The van der Waals surface area contributed by atoms with Gasteiger partial charge in [0.25, 0.3) is 5.91 Å². The maximum absolute atomic E-state index is 11.7. The number of urea groups is 1. The van der Waals surface area contributed by atoms with E-state index in [0.717, 1.165) is 25.7 Å². The first-order valence-electron chi connectivity index (χ1n) is 7.80. The highest BCUT2D eigenvalue weighted by atomic mass is 16.5. The van der Waals surface area contributed by atoms with Crippen LogP contribution in [0.3, 0.4) is 0 Å². The van der Waals surface area contributed by atoms with Crippen molar-refractivity contribution in [1.29, 1.82) is 0 Å². The minimum absolute atomic E-state index is 0.186. The van der Waals surface area contributed by atoms with E-state index >= 15 is 0 Å². The fourth-order valence-corrected chi connectivity index (χ4v) is 2.51. The van der Waals surface area contributed by atoms with Gasteiger partial charge in [0.15, 0.2) is 18.1 Å². The molecule has 1 aromatic rings. The minimum atomic E-state index is -0.449. The summed E-state index contributed by atoms with van der Waals surface area (Å²) in [6, 6.07) is 6.82. The van der Waals surface area contributed by atoms with E-state index in [9.17, 15) is 9.59 Å². The number of carbonyl (C=O) groups excluding carboxylic acids is 2. The third-order valence-electron chi connectivity index (χ3n) is 3.68. The van der Waals surface area contributed by atoms with Crippen LogP contribution in [-0.4, -0.2) is 31.7 Å². The molecule has 7 heteroatoms. The second-order valence-electron chi connectivity index (χ2n) is 5.42. The van der Waals surface area contributed by atoms with Gasteiger partial charge < -0.3 is 14.8 Å². The Hall–Kier alpha value is -2.44. The molecule has 0 atom stereocenters. The molecule has 1 aliphatic rings. The number of hydrogen-bond acceptors (Lipinski definition) is 4. The predicted molar refractivity (Wildman–Crippen MR) is 85.2 cm³/mol. The smallest absolute Gasteiger partial charge is 0.333 e. The van der Waals surface area contributed by atoms with Crippen LogP contribution in [-0.2, 0) is 4.79 Å². The molecule has 0 unspecified atom stereocenters. The Labute approximate surface area is 135 Å². The number of methoxy groups -OCH3 is 1. The van der Waals surface area contributed by atoms with Crippen molar-refractivity contribution >= 4 is 11.9 Å². The van der Waals surface area contributed by atoms with Crippen molar-refractivity contribution in [2.24, 2.45) is 0 Å². The van der Waals surface area contributed by atoms with Crippen LogP contribution in [0.25, 0.3) is 0 Å². The fraction of sp³-hybridized carbons (Fsp3) is 0.500. The van der Waals surface area contributed by atoms with Gasteiger partial charge in [0.05, 0.1) is 7.11 Å². The maximum atomic E-state index is 11.7. The Morgan fingerprint density at radius 2 is 1.78 bits per heavy atom. The van der Waals surface area contributed by atoms with Gasteiger partial charge >= 0.3 is 6.03 Å². The van der Waals surface area contributed by atoms with E-state index in [1.807, 2.05) is 6.07 Å². The maximum Gasteiger partial charge on any atom is 0.333 e. The Kier molecular flexibility index (Phi) is 6.53. The molecular weight excluding hydrogens is 298 g/mol. The summed E-state index contributed by atoms with van der Waals surface area (Å²) in [7, 11) is 1.53. The lowest BCUT2D eigenvalue weighted by molar-refractivity contribution is -0.123. The van der Waals surface area contributed by atoms with Gasteiger partial charge in [-0.05, 0) is 25.0 Å². The number of hydrogen-bond donors (Lipinski definition) is 3. The topological polar surface area (TPSA) is 88.7 Å².